The minimum absolute atomic E-state index is 0.0752. The van der Waals surface area contributed by atoms with Crippen molar-refractivity contribution in [3.63, 3.8) is 0 Å². The predicted octanol–water partition coefficient (Wildman–Crippen LogP) is 4.01. The number of halogens is 3. The SMILES string of the molecule is COc1cccc(C2CCCN2C(=O)c2ccc(OCC(F)(F)F)nc2)c1. The summed E-state index contributed by atoms with van der Waals surface area (Å²) in [6.07, 6.45) is -1.49. The first kappa shape index (κ1) is 19.0. The van der Waals surface area contributed by atoms with Crippen molar-refractivity contribution in [2.75, 3.05) is 20.3 Å². The van der Waals surface area contributed by atoms with Crippen LogP contribution in [-0.4, -0.2) is 42.2 Å². The van der Waals surface area contributed by atoms with E-state index < -0.39 is 12.8 Å². The summed E-state index contributed by atoms with van der Waals surface area (Å²) in [5.41, 5.74) is 1.29. The first-order valence-electron chi connectivity index (χ1n) is 8.48. The molecule has 27 heavy (non-hydrogen) atoms. The molecular weight excluding hydrogens is 361 g/mol. The van der Waals surface area contributed by atoms with Crippen LogP contribution < -0.4 is 9.47 Å². The summed E-state index contributed by atoms with van der Waals surface area (Å²) in [4.78, 5) is 18.4. The molecule has 1 atom stereocenters. The number of ether oxygens (including phenoxy) is 2. The van der Waals surface area contributed by atoms with E-state index in [0.717, 1.165) is 24.2 Å². The third-order valence-electron chi connectivity index (χ3n) is 4.36. The van der Waals surface area contributed by atoms with Crippen LogP contribution in [0.15, 0.2) is 42.6 Å². The van der Waals surface area contributed by atoms with E-state index in [-0.39, 0.29) is 17.8 Å². The molecule has 8 heteroatoms. The smallest absolute Gasteiger partial charge is 0.422 e. The molecule has 1 aliphatic heterocycles. The number of pyridine rings is 1. The number of amides is 1. The summed E-state index contributed by atoms with van der Waals surface area (Å²) in [6.45, 7) is -0.815. The number of likely N-dealkylation sites (tertiary alicyclic amines) is 1. The fraction of sp³-hybridized carbons (Fsp3) is 0.368. The molecule has 1 amide bonds. The second kappa shape index (κ2) is 7.85. The average molecular weight is 380 g/mol. The zero-order valence-electron chi connectivity index (χ0n) is 14.7. The Labute approximate surface area is 154 Å². The van der Waals surface area contributed by atoms with Crippen molar-refractivity contribution >= 4 is 5.91 Å². The predicted molar refractivity (Wildman–Crippen MR) is 91.8 cm³/mol. The lowest BCUT2D eigenvalue weighted by Crippen LogP contribution is -2.30. The van der Waals surface area contributed by atoms with Gasteiger partial charge in [-0.2, -0.15) is 13.2 Å². The molecule has 0 radical (unpaired) electrons. The lowest BCUT2D eigenvalue weighted by atomic mass is 10.0. The first-order chi connectivity index (χ1) is 12.9. The Balaban J connectivity index is 1.72. The van der Waals surface area contributed by atoms with Gasteiger partial charge in [-0.05, 0) is 36.6 Å². The summed E-state index contributed by atoms with van der Waals surface area (Å²) in [6, 6.07) is 10.2. The Bertz CT molecular complexity index is 794. The molecule has 5 nitrogen and oxygen atoms in total. The second-order valence-electron chi connectivity index (χ2n) is 6.22. The van der Waals surface area contributed by atoms with Crippen LogP contribution in [-0.2, 0) is 0 Å². The standard InChI is InChI=1S/C19H19F3N2O3/c1-26-15-5-2-4-13(10-15)16-6-3-9-24(16)18(25)14-7-8-17(23-11-14)27-12-19(20,21)22/h2,4-5,7-8,10-11,16H,3,6,9,12H2,1H3. The van der Waals surface area contributed by atoms with Gasteiger partial charge in [0, 0.05) is 18.8 Å². The third-order valence-corrected chi connectivity index (χ3v) is 4.36. The van der Waals surface area contributed by atoms with E-state index in [9.17, 15) is 18.0 Å². The van der Waals surface area contributed by atoms with E-state index in [2.05, 4.69) is 9.72 Å². The van der Waals surface area contributed by atoms with Crippen molar-refractivity contribution in [1.82, 2.24) is 9.88 Å². The van der Waals surface area contributed by atoms with Crippen LogP contribution >= 0.6 is 0 Å². The summed E-state index contributed by atoms with van der Waals surface area (Å²) in [5, 5.41) is 0. The van der Waals surface area contributed by atoms with Crippen molar-refractivity contribution in [2.24, 2.45) is 0 Å². The van der Waals surface area contributed by atoms with Crippen molar-refractivity contribution < 1.29 is 27.4 Å². The monoisotopic (exact) mass is 380 g/mol. The quantitative estimate of drug-likeness (QED) is 0.787. The van der Waals surface area contributed by atoms with Crippen LogP contribution in [0, 0.1) is 0 Å². The highest BCUT2D eigenvalue weighted by Crippen LogP contribution is 2.34. The van der Waals surface area contributed by atoms with Crippen LogP contribution in [0.3, 0.4) is 0 Å². The van der Waals surface area contributed by atoms with Crippen LogP contribution in [0.25, 0.3) is 0 Å². The molecule has 144 valence electrons. The Kier molecular flexibility index (Phi) is 5.53. The van der Waals surface area contributed by atoms with Gasteiger partial charge in [-0.25, -0.2) is 4.98 Å². The van der Waals surface area contributed by atoms with Gasteiger partial charge in [0.05, 0.1) is 18.7 Å². The summed E-state index contributed by atoms with van der Waals surface area (Å²) < 4.78 is 46.4. The van der Waals surface area contributed by atoms with E-state index in [0.29, 0.717) is 12.1 Å². The van der Waals surface area contributed by atoms with Gasteiger partial charge in [-0.1, -0.05) is 12.1 Å². The number of hydrogen-bond donors (Lipinski definition) is 0. The van der Waals surface area contributed by atoms with Gasteiger partial charge in [0.25, 0.3) is 5.91 Å². The number of carbonyl (C=O) groups excluding carboxylic acids is 1. The van der Waals surface area contributed by atoms with Crippen LogP contribution in [0.5, 0.6) is 11.6 Å². The molecule has 3 rings (SSSR count). The third kappa shape index (κ3) is 4.69. The number of aromatic nitrogens is 1. The number of rotatable bonds is 5. The zero-order valence-corrected chi connectivity index (χ0v) is 14.7. The molecule has 1 fully saturated rings. The van der Waals surface area contributed by atoms with Crippen LogP contribution in [0.1, 0.15) is 34.8 Å². The molecule has 0 saturated carbocycles. The molecule has 1 unspecified atom stereocenters. The highest BCUT2D eigenvalue weighted by molar-refractivity contribution is 5.94. The fourth-order valence-corrected chi connectivity index (χ4v) is 3.12. The van der Waals surface area contributed by atoms with Gasteiger partial charge >= 0.3 is 6.18 Å². The van der Waals surface area contributed by atoms with E-state index in [1.807, 2.05) is 24.3 Å². The van der Waals surface area contributed by atoms with Crippen molar-refractivity contribution in [2.45, 2.75) is 25.1 Å². The maximum absolute atomic E-state index is 12.8. The van der Waals surface area contributed by atoms with Gasteiger partial charge in [-0.15, -0.1) is 0 Å². The summed E-state index contributed by atoms with van der Waals surface area (Å²) >= 11 is 0. The minimum atomic E-state index is -4.43. The zero-order chi connectivity index (χ0) is 19.4. The highest BCUT2D eigenvalue weighted by Gasteiger charge is 2.31. The van der Waals surface area contributed by atoms with Crippen LogP contribution in [0.2, 0.25) is 0 Å². The van der Waals surface area contributed by atoms with Gasteiger partial charge in [-0.3, -0.25) is 4.79 Å². The largest absolute Gasteiger partial charge is 0.497 e. The molecule has 1 aromatic heterocycles. The number of nitrogens with zero attached hydrogens (tertiary/aromatic N) is 2. The molecule has 0 aliphatic carbocycles. The Morgan fingerprint density at radius 1 is 1.30 bits per heavy atom. The molecular formula is C19H19F3N2O3. The van der Waals surface area contributed by atoms with Crippen LogP contribution in [0.4, 0.5) is 13.2 Å². The van der Waals surface area contributed by atoms with Gasteiger partial charge < -0.3 is 14.4 Å². The number of methoxy groups -OCH3 is 1. The topological polar surface area (TPSA) is 51.7 Å². The number of alkyl halides is 3. The molecule has 0 N–H and O–H groups in total. The minimum Gasteiger partial charge on any atom is -0.497 e. The van der Waals surface area contributed by atoms with Crippen molar-refractivity contribution in [3.8, 4) is 11.6 Å². The first-order valence-corrected chi connectivity index (χ1v) is 8.48. The lowest BCUT2D eigenvalue weighted by molar-refractivity contribution is -0.154. The molecule has 1 aliphatic rings. The summed E-state index contributed by atoms with van der Waals surface area (Å²) in [7, 11) is 1.59. The molecule has 2 aromatic rings. The molecule has 1 aromatic carbocycles. The Morgan fingerprint density at radius 3 is 2.78 bits per heavy atom. The Morgan fingerprint density at radius 2 is 2.11 bits per heavy atom. The molecule has 0 bridgehead atoms. The van der Waals surface area contributed by atoms with Gasteiger partial charge in [0.2, 0.25) is 5.88 Å². The average Bonchev–Trinajstić information content (AvgIpc) is 3.15. The fourth-order valence-electron chi connectivity index (χ4n) is 3.12. The van der Waals surface area contributed by atoms with Crippen molar-refractivity contribution in [3.05, 3.63) is 53.7 Å². The van der Waals surface area contributed by atoms with E-state index >= 15 is 0 Å². The number of hydrogen-bond acceptors (Lipinski definition) is 4. The lowest BCUT2D eigenvalue weighted by Gasteiger charge is -2.25. The Hall–Kier alpha value is -2.77. The van der Waals surface area contributed by atoms with E-state index in [4.69, 9.17) is 4.74 Å². The highest BCUT2D eigenvalue weighted by atomic mass is 19.4. The normalized spacial score (nSPS) is 17.0. The van der Waals surface area contributed by atoms with E-state index in [1.54, 1.807) is 12.0 Å². The number of carbonyl (C=O) groups is 1. The van der Waals surface area contributed by atoms with E-state index in [1.165, 1.54) is 18.3 Å². The molecule has 1 saturated heterocycles. The van der Waals surface area contributed by atoms with Gasteiger partial charge in [0.15, 0.2) is 6.61 Å². The second-order valence-corrected chi connectivity index (χ2v) is 6.22. The molecule has 0 spiro atoms. The molecule has 2 heterocycles. The van der Waals surface area contributed by atoms with Gasteiger partial charge in [0.1, 0.15) is 5.75 Å². The van der Waals surface area contributed by atoms with Crippen molar-refractivity contribution in [1.29, 1.82) is 0 Å². The maximum atomic E-state index is 12.8. The summed E-state index contributed by atoms with van der Waals surface area (Å²) in [5.74, 6) is 0.337. The maximum Gasteiger partial charge on any atom is 0.422 e. The number of benzene rings is 1.